The summed E-state index contributed by atoms with van der Waals surface area (Å²) in [5.74, 6) is 0.559. The first kappa shape index (κ1) is 16.1. The molecule has 3 rings (SSSR count). The molecule has 0 saturated carbocycles. The fourth-order valence-electron chi connectivity index (χ4n) is 2.74. The second-order valence-corrected chi connectivity index (χ2v) is 6.75. The summed E-state index contributed by atoms with van der Waals surface area (Å²) in [6.07, 6.45) is 3.54. The van der Waals surface area contributed by atoms with E-state index in [1.54, 1.807) is 0 Å². The summed E-state index contributed by atoms with van der Waals surface area (Å²) in [4.78, 5) is 21.4. The Morgan fingerprint density at radius 2 is 1.91 bits per heavy atom. The molecule has 0 spiro atoms. The highest BCUT2D eigenvalue weighted by atomic mass is 32.2. The smallest absolute Gasteiger partial charge is 0.259 e. The van der Waals surface area contributed by atoms with Crippen LogP contribution >= 0.6 is 11.8 Å². The summed E-state index contributed by atoms with van der Waals surface area (Å²) < 4.78 is 0. The summed E-state index contributed by atoms with van der Waals surface area (Å²) in [5, 5.41) is 10.6. The number of hydrogen-bond acceptors (Lipinski definition) is 5. The van der Waals surface area contributed by atoms with Crippen LogP contribution in [0.15, 0.2) is 40.3 Å². The molecular formula is C17H21N3O2S. The fourth-order valence-corrected chi connectivity index (χ4v) is 3.56. The number of piperidine rings is 1. The highest BCUT2D eigenvalue weighted by molar-refractivity contribution is 7.98. The van der Waals surface area contributed by atoms with Crippen LogP contribution in [0.2, 0.25) is 0 Å². The molecule has 0 bridgehead atoms. The molecule has 1 aromatic heterocycles. The zero-order chi connectivity index (χ0) is 16.1. The van der Waals surface area contributed by atoms with Gasteiger partial charge in [0, 0.05) is 12.3 Å². The van der Waals surface area contributed by atoms with Crippen LogP contribution in [0.1, 0.15) is 30.4 Å². The number of nitrogens with zero attached hydrogens (tertiary/aromatic N) is 2. The van der Waals surface area contributed by atoms with E-state index in [1.807, 2.05) is 30.3 Å². The van der Waals surface area contributed by atoms with Crippen LogP contribution in [0.4, 0.5) is 0 Å². The first-order valence-electron chi connectivity index (χ1n) is 7.93. The van der Waals surface area contributed by atoms with Gasteiger partial charge in [-0.2, -0.15) is 4.98 Å². The number of aromatic amines is 1. The van der Waals surface area contributed by atoms with Gasteiger partial charge in [-0.15, -0.1) is 0 Å². The van der Waals surface area contributed by atoms with Crippen molar-refractivity contribution in [1.82, 2.24) is 14.9 Å². The summed E-state index contributed by atoms with van der Waals surface area (Å²) in [5.41, 5.74) is 1.28. The van der Waals surface area contributed by atoms with E-state index < -0.39 is 0 Å². The van der Waals surface area contributed by atoms with Crippen molar-refractivity contribution >= 4 is 11.8 Å². The van der Waals surface area contributed by atoms with E-state index in [0.29, 0.717) is 23.0 Å². The maximum atomic E-state index is 12.3. The van der Waals surface area contributed by atoms with Crippen molar-refractivity contribution in [3.05, 3.63) is 51.8 Å². The molecule has 0 unspecified atom stereocenters. The molecule has 1 aliphatic heterocycles. The minimum atomic E-state index is -0.237. The van der Waals surface area contributed by atoms with Crippen molar-refractivity contribution in [3.8, 4) is 5.88 Å². The van der Waals surface area contributed by atoms with Crippen LogP contribution in [-0.4, -0.2) is 33.1 Å². The van der Waals surface area contributed by atoms with Crippen LogP contribution in [-0.2, 0) is 12.3 Å². The van der Waals surface area contributed by atoms with E-state index in [4.69, 9.17) is 0 Å². The molecule has 5 nitrogen and oxygen atoms in total. The first-order chi connectivity index (χ1) is 11.2. The molecule has 6 heteroatoms. The van der Waals surface area contributed by atoms with Crippen LogP contribution in [0, 0.1) is 0 Å². The summed E-state index contributed by atoms with van der Waals surface area (Å²) in [6, 6.07) is 9.97. The molecule has 1 aliphatic rings. The van der Waals surface area contributed by atoms with Crippen molar-refractivity contribution in [3.63, 3.8) is 0 Å². The van der Waals surface area contributed by atoms with Gasteiger partial charge in [0.25, 0.3) is 5.56 Å². The molecule has 1 saturated heterocycles. The summed E-state index contributed by atoms with van der Waals surface area (Å²) in [6.45, 7) is 2.42. The number of aromatic hydroxyl groups is 1. The quantitative estimate of drug-likeness (QED) is 0.651. The minimum absolute atomic E-state index is 0.144. The van der Waals surface area contributed by atoms with Crippen molar-refractivity contribution in [2.45, 2.75) is 36.7 Å². The lowest BCUT2D eigenvalue weighted by Crippen LogP contribution is -2.32. The lowest BCUT2D eigenvalue weighted by molar-refractivity contribution is 0.216. The van der Waals surface area contributed by atoms with Crippen molar-refractivity contribution in [2.24, 2.45) is 0 Å². The number of nitrogens with one attached hydrogen (secondary N) is 1. The van der Waals surface area contributed by atoms with Gasteiger partial charge in [0.05, 0.1) is 5.56 Å². The van der Waals surface area contributed by atoms with Gasteiger partial charge in [0.2, 0.25) is 5.88 Å². The molecule has 122 valence electrons. The third kappa shape index (κ3) is 4.36. The standard InChI is InChI=1S/C17H21N3O2S/c21-15-14(11-20-9-5-2-6-10-20)16(22)19-17(18-15)23-12-13-7-3-1-4-8-13/h1,3-4,7-8H,2,5-6,9-12H2,(H2,18,19,21,22). The lowest BCUT2D eigenvalue weighted by atomic mass is 10.1. The van der Waals surface area contributed by atoms with Gasteiger partial charge in [-0.05, 0) is 31.5 Å². The summed E-state index contributed by atoms with van der Waals surface area (Å²) >= 11 is 1.42. The molecule has 2 N–H and O–H groups in total. The Kier molecular flexibility index (Phi) is 5.35. The SMILES string of the molecule is O=c1[nH]c(SCc2ccccc2)nc(O)c1CN1CCCCC1. The molecule has 0 amide bonds. The highest BCUT2D eigenvalue weighted by Gasteiger charge is 2.17. The highest BCUT2D eigenvalue weighted by Crippen LogP contribution is 2.22. The molecule has 2 heterocycles. The topological polar surface area (TPSA) is 69.2 Å². The van der Waals surface area contributed by atoms with Crippen molar-refractivity contribution in [1.29, 1.82) is 0 Å². The second kappa shape index (κ2) is 7.66. The number of thioether (sulfide) groups is 1. The third-order valence-corrected chi connectivity index (χ3v) is 4.97. The Bertz CT molecular complexity index is 697. The van der Waals surface area contributed by atoms with Gasteiger partial charge in [-0.1, -0.05) is 48.5 Å². The molecule has 1 fully saturated rings. The molecular weight excluding hydrogens is 310 g/mol. The average molecular weight is 331 g/mol. The number of likely N-dealkylation sites (tertiary alicyclic amines) is 1. The van der Waals surface area contributed by atoms with Gasteiger partial charge in [-0.25, -0.2) is 0 Å². The predicted molar refractivity (Wildman–Crippen MR) is 91.7 cm³/mol. The maximum absolute atomic E-state index is 12.3. The number of hydrogen-bond donors (Lipinski definition) is 2. The van der Waals surface area contributed by atoms with E-state index in [1.165, 1.54) is 18.2 Å². The number of H-pyrrole nitrogens is 1. The summed E-state index contributed by atoms with van der Waals surface area (Å²) in [7, 11) is 0. The largest absolute Gasteiger partial charge is 0.493 e. The van der Waals surface area contributed by atoms with Crippen LogP contribution < -0.4 is 5.56 Å². The van der Waals surface area contributed by atoms with E-state index in [9.17, 15) is 9.90 Å². The monoisotopic (exact) mass is 331 g/mol. The van der Waals surface area contributed by atoms with E-state index >= 15 is 0 Å². The fraction of sp³-hybridized carbons (Fsp3) is 0.412. The van der Waals surface area contributed by atoms with Crippen LogP contribution in [0.5, 0.6) is 5.88 Å². The van der Waals surface area contributed by atoms with E-state index in [2.05, 4.69) is 14.9 Å². The Balaban J connectivity index is 1.68. The zero-order valence-corrected chi connectivity index (χ0v) is 13.8. The van der Waals surface area contributed by atoms with E-state index in [-0.39, 0.29) is 11.4 Å². The molecule has 1 aromatic carbocycles. The van der Waals surface area contributed by atoms with Gasteiger partial charge >= 0.3 is 0 Å². The van der Waals surface area contributed by atoms with Gasteiger partial charge in [-0.3, -0.25) is 9.69 Å². The Hall–Kier alpha value is -1.79. The first-order valence-corrected chi connectivity index (χ1v) is 8.92. The molecule has 0 atom stereocenters. The minimum Gasteiger partial charge on any atom is -0.493 e. The Morgan fingerprint density at radius 1 is 1.17 bits per heavy atom. The molecule has 0 radical (unpaired) electrons. The van der Waals surface area contributed by atoms with Gasteiger partial charge < -0.3 is 10.1 Å². The lowest BCUT2D eigenvalue weighted by Gasteiger charge is -2.26. The van der Waals surface area contributed by atoms with Crippen LogP contribution in [0.25, 0.3) is 0 Å². The van der Waals surface area contributed by atoms with Gasteiger partial charge in [0.15, 0.2) is 5.16 Å². The Labute approximate surface area is 139 Å². The van der Waals surface area contributed by atoms with E-state index in [0.717, 1.165) is 31.5 Å². The number of rotatable bonds is 5. The number of aromatic nitrogens is 2. The van der Waals surface area contributed by atoms with Crippen molar-refractivity contribution in [2.75, 3.05) is 13.1 Å². The predicted octanol–water partition coefficient (Wildman–Crippen LogP) is 2.75. The molecule has 23 heavy (non-hydrogen) atoms. The Morgan fingerprint density at radius 3 is 2.61 bits per heavy atom. The van der Waals surface area contributed by atoms with Gasteiger partial charge in [0.1, 0.15) is 0 Å². The normalized spacial score (nSPS) is 15.7. The zero-order valence-electron chi connectivity index (χ0n) is 13.0. The second-order valence-electron chi connectivity index (χ2n) is 5.78. The maximum Gasteiger partial charge on any atom is 0.259 e. The average Bonchev–Trinajstić information content (AvgIpc) is 2.58. The molecule has 0 aliphatic carbocycles. The molecule has 2 aromatic rings. The van der Waals surface area contributed by atoms with Crippen LogP contribution in [0.3, 0.4) is 0 Å². The third-order valence-electron chi connectivity index (χ3n) is 4.02. The van der Waals surface area contributed by atoms with Crippen molar-refractivity contribution < 1.29 is 5.11 Å². The number of benzene rings is 1.